The second-order valence-corrected chi connectivity index (χ2v) is 8.10. The molecule has 0 bridgehead atoms. The van der Waals surface area contributed by atoms with E-state index >= 15 is 0 Å². The number of hydrogen-bond donors (Lipinski definition) is 2. The molecule has 1 heterocycles. The van der Waals surface area contributed by atoms with E-state index in [2.05, 4.69) is 0 Å². The minimum absolute atomic E-state index is 0.00437. The van der Waals surface area contributed by atoms with Crippen LogP contribution in [0.5, 0.6) is 5.75 Å². The van der Waals surface area contributed by atoms with Gasteiger partial charge in [0.05, 0.1) is 18.0 Å². The van der Waals surface area contributed by atoms with Gasteiger partial charge in [0.1, 0.15) is 18.0 Å². The molecule has 0 aromatic heterocycles. The van der Waals surface area contributed by atoms with Crippen molar-refractivity contribution in [2.45, 2.75) is 30.6 Å². The van der Waals surface area contributed by atoms with Crippen molar-refractivity contribution in [3.05, 3.63) is 59.7 Å². The first-order valence-corrected chi connectivity index (χ1v) is 9.45. The second-order valence-electron chi connectivity index (χ2n) is 6.16. The first-order chi connectivity index (χ1) is 11.9. The van der Waals surface area contributed by atoms with Crippen LogP contribution in [0, 0.1) is 6.92 Å². The Balaban J connectivity index is 1.72. The molecule has 0 aliphatic carbocycles. The molecule has 1 aliphatic heterocycles. The van der Waals surface area contributed by atoms with Crippen LogP contribution in [0.3, 0.4) is 0 Å². The monoisotopic (exact) mass is 363 g/mol. The van der Waals surface area contributed by atoms with Crippen LogP contribution in [0.15, 0.2) is 53.4 Å². The Hall–Kier alpha value is -1.93. The van der Waals surface area contributed by atoms with Gasteiger partial charge in [-0.25, -0.2) is 8.42 Å². The van der Waals surface area contributed by atoms with Crippen molar-refractivity contribution in [3.63, 3.8) is 0 Å². The fraction of sp³-hybridized carbons (Fsp3) is 0.333. The molecule has 2 aromatic rings. The van der Waals surface area contributed by atoms with Gasteiger partial charge in [-0.15, -0.1) is 0 Å². The first kappa shape index (κ1) is 17.9. The number of β-amino-alcohol motifs (C(OH)–C–C–N with tert-alkyl or cyclic N) is 1. The summed E-state index contributed by atoms with van der Waals surface area (Å²) in [5.41, 5.74) is 1.73. The number of aliphatic hydroxyl groups excluding tert-OH is 2. The molecule has 134 valence electrons. The van der Waals surface area contributed by atoms with Crippen molar-refractivity contribution in [1.29, 1.82) is 0 Å². The summed E-state index contributed by atoms with van der Waals surface area (Å²) in [6, 6.07) is 13.4. The highest BCUT2D eigenvalue weighted by molar-refractivity contribution is 7.89. The molecule has 2 aromatic carbocycles. The molecule has 0 radical (unpaired) electrons. The standard InChI is InChI=1S/C18H21NO5S/c1-13-2-8-16(9-3-13)25(22,23)19-10-17(21)18(11-19)24-15-6-4-14(12-20)5-7-15/h2-9,17-18,20-21H,10-12H2,1H3/t17-,18-/m0/s1. The Kier molecular flexibility index (Phi) is 5.10. The van der Waals surface area contributed by atoms with Crippen LogP contribution in [-0.4, -0.2) is 48.2 Å². The Morgan fingerprint density at radius 1 is 1.08 bits per heavy atom. The summed E-state index contributed by atoms with van der Waals surface area (Å²) in [5.74, 6) is 0.524. The maximum atomic E-state index is 12.7. The van der Waals surface area contributed by atoms with Crippen molar-refractivity contribution < 1.29 is 23.4 Å². The third kappa shape index (κ3) is 3.85. The summed E-state index contributed by atoms with van der Waals surface area (Å²) in [6.07, 6.45) is -1.54. The summed E-state index contributed by atoms with van der Waals surface area (Å²) >= 11 is 0. The number of rotatable bonds is 5. The first-order valence-electron chi connectivity index (χ1n) is 8.01. The van der Waals surface area contributed by atoms with Crippen LogP contribution in [0.4, 0.5) is 0 Å². The van der Waals surface area contributed by atoms with Crippen LogP contribution >= 0.6 is 0 Å². The Morgan fingerprint density at radius 3 is 2.32 bits per heavy atom. The molecule has 1 fully saturated rings. The fourth-order valence-electron chi connectivity index (χ4n) is 2.74. The summed E-state index contributed by atoms with van der Waals surface area (Å²) in [6.45, 7) is 1.91. The maximum Gasteiger partial charge on any atom is 0.243 e. The summed E-state index contributed by atoms with van der Waals surface area (Å²) in [5, 5.41) is 19.3. The van der Waals surface area contributed by atoms with E-state index in [0.717, 1.165) is 11.1 Å². The van der Waals surface area contributed by atoms with Crippen LogP contribution < -0.4 is 4.74 Å². The Morgan fingerprint density at radius 2 is 1.72 bits per heavy atom. The van der Waals surface area contributed by atoms with Crippen molar-refractivity contribution in [2.75, 3.05) is 13.1 Å². The number of aryl methyl sites for hydroxylation is 1. The van der Waals surface area contributed by atoms with Crippen molar-refractivity contribution in [1.82, 2.24) is 4.31 Å². The Labute approximate surface area is 147 Å². The molecule has 6 nitrogen and oxygen atoms in total. The lowest BCUT2D eigenvalue weighted by Gasteiger charge is -2.17. The van der Waals surface area contributed by atoms with Gasteiger partial charge in [-0.1, -0.05) is 29.8 Å². The number of benzene rings is 2. The number of nitrogens with zero attached hydrogens (tertiary/aromatic N) is 1. The van der Waals surface area contributed by atoms with Gasteiger partial charge >= 0.3 is 0 Å². The average Bonchev–Trinajstić information content (AvgIpc) is 2.97. The van der Waals surface area contributed by atoms with E-state index in [9.17, 15) is 13.5 Å². The topological polar surface area (TPSA) is 87.1 Å². The van der Waals surface area contributed by atoms with Gasteiger partial charge in [-0.2, -0.15) is 4.31 Å². The highest BCUT2D eigenvalue weighted by Crippen LogP contribution is 2.25. The minimum atomic E-state index is -3.66. The maximum absolute atomic E-state index is 12.7. The van der Waals surface area contributed by atoms with E-state index in [1.807, 2.05) is 6.92 Å². The van der Waals surface area contributed by atoms with E-state index in [1.54, 1.807) is 48.5 Å². The number of ether oxygens (including phenoxy) is 1. The highest BCUT2D eigenvalue weighted by atomic mass is 32.2. The van der Waals surface area contributed by atoms with Gasteiger partial charge in [0.25, 0.3) is 0 Å². The predicted molar refractivity (Wildman–Crippen MR) is 92.7 cm³/mol. The van der Waals surface area contributed by atoms with Gasteiger partial charge in [0.15, 0.2) is 0 Å². The summed E-state index contributed by atoms with van der Waals surface area (Å²) in [7, 11) is -3.66. The zero-order chi connectivity index (χ0) is 18.0. The molecule has 0 amide bonds. The lowest BCUT2D eigenvalue weighted by Crippen LogP contribution is -2.31. The number of aliphatic hydroxyl groups is 2. The number of hydrogen-bond acceptors (Lipinski definition) is 5. The molecule has 3 rings (SSSR count). The van der Waals surface area contributed by atoms with Crippen LogP contribution in [-0.2, 0) is 16.6 Å². The lowest BCUT2D eigenvalue weighted by molar-refractivity contribution is 0.0737. The number of sulfonamides is 1. The zero-order valence-electron chi connectivity index (χ0n) is 13.9. The van der Waals surface area contributed by atoms with Crippen LogP contribution in [0.1, 0.15) is 11.1 Å². The van der Waals surface area contributed by atoms with E-state index in [4.69, 9.17) is 9.84 Å². The molecule has 2 atom stereocenters. The van der Waals surface area contributed by atoms with Gasteiger partial charge < -0.3 is 14.9 Å². The van der Waals surface area contributed by atoms with Gasteiger partial charge in [0, 0.05) is 6.54 Å². The normalized spacial score (nSPS) is 21.4. The van der Waals surface area contributed by atoms with Crippen molar-refractivity contribution in [3.8, 4) is 5.75 Å². The third-order valence-corrected chi connectivity index (χ3v) is 6.10. The van der Waals surface area contributed by atoms with Crippen molar-refractivity contribution in [2.24, 2.45) is 0 Å². The van der Waals surface area contributed by atoms with E-state index in [-0.39, 0.29) is 24.6 Å². The van der Waals surface area contributed by atoms with E-state index in [1.165, 1.54) is 4.31 Å². The van der Waals surface area contributed by atoms with Crippen LogP contribution in [0.2, 0.25) is 0 Å². The molecular formula is C18H21NO5S. The zero-order valence-corrected chi connectivity index (χ0v) is 14.7. The predicted octanol–water partition coefficient (Wildman–Crippen LogP) is 1.30. The molecule has 2 N–H and O–H groups in total. The molecular weight excluding hydrogens is 342 g/mol. The molecule has 7 heteroatoms. The summed E-state index contributed by atoms with van der Waals surface area (Å²) in [4.78, 5) is 0.207. The minimum Gasteiger partial charge on any atom is -0.486 e. The van der Waals surface area contributed by atoms with E-state index in [0.29, 0.717) is 5.75 Å². The SMILES string of the molecule is Cc1ccc(S(=O)(=O)N2C[C@H](Oc3ccc(CO)cc3)[C@@H](O)C2)cc1. The second kappa shape index (κ2) is 7.13. The average molecular weight is 363 g/mol. The molecule has 1 saturated heterocycles. The largest absolute Gasteiger partial charge is 0.486 e. The van der Waals surface area contributed by atoms with Crippen molar-refractivity contribution >= 4 is 10.0 Å². The third-order valence-electron chi connectivity index (χ3n) is 4.26. The molecule has 0 unspecified atom stereocenters. The molecule has 0 spiro atoms. The smallest absolute Gasteiger partial charge is 0.243 e. The van der Waals surface area contributed by atoms with Gasteiger partial charge in [-0.05, 0) is 36.8 Å². The summed E-state index contributed by atoms with van der Waals surface area (Å²) < 4.78 is 32.4. The van der Waals surface area contributed by atoms with Gasteiger partial charge in [0.2, 0.25) is 10.0 Å². The van der Waals surface area contributed by atoms with E-state index < -0.39 is 22.2 Å². The quantitative estimate of drug-likeness (QED) is 0.836. The molecule has 1 aliphatic rings. The highest BCUT2D eigenvalue weighted by Gasteiger charge is 2.39. The van der Waals surface area contributed by atoms with Gasteiger partial charge in [-0.3, -0.25) is 0 Å². The Bertz CT molecular complexity index is 818. The molecule has 0 saturated carbocycles. The molecule has 25 heavy (non-hydrogen) atoms. The lowest BCUT2D eigenvalue weighted by atomic mass is 10.2. The van der Waals surface area contributed by atoms with Crippen LogP contribution in [0.25, 0.3) is 0 Å². The fourth-order valence-corrected chi connectivity index (χ4v) is 4.21.